The average Bonchev–Trinajstić information content (AvgIpc) is 3.09. The third-order valence-electron chi connectivity index (χ3n) is 3.53. The van der Waals surface area contributed by atoms with Crippen molar-refractivity contribution >= 4 is 17.8 Å². The van der Waals surface area contributed by atoms with E-state index in [4.69, 9.17) is 9.52 Å². The fourth-order valence-corrected chi connectivity index (χ4v) is 2.42. The van der Waals surface area contributed by atoms with Gasteiger partial charge in [-0.1, -0.05) is 0 Å². The third-order valence-corrected chi connectivity index (χ3v) is 3.53. The SMILES string of the molecule is O=C(CCNC(=O)c1ccco1)N[C@H]1CC[C@@H](C(=O)O)C1. The number of amides is 2. The van der Waals surface area contributed by atoms with Crippen molar-refractivity contribution in [2.75, 3.05) is 6.54 Å². The van der Waals surface area contributed by atoms with E-state index in [9.17, 15) is 14.4 Å². The van der Waals surface area contributed by atoms with Crippen LogP contribution in [0.3, 0.4) is 0 Å². The van der Waals surface area contributed by atoms with Crippen LogP contribution in [-0.2, 0) is 9.59 Å². The third kappa shape index (κ3) is 4.34. The molecule has 3 N–H and O–H groups in total. The molecule has 1 aliphatic rings. The molecule has 114 valence electrons. The van der Waals surface area contributed by atoms with Crippen LogP contribution in [0, 0.1) is 5.92 Å². The summed E-state index contributed by atoms with van der Waals surface area (Å²) in [4.78, 5) is 34.1. The van der Waals surface area contributed by atoms with Crippen LogP contribution in [0.4, 0.5) is 0 Å². The van der Waals surface area contributed by atoms with Crippen LogP contribution in [0.25, 0.3) is 0 Å². The normalized spacial score (nSPS) is 21.0. The van der Waals surface area contributed by atoms with Gasteiger partial charge >= 0.3 is 5.97 Å². The summed E-state index contributed by atoms with van der Waals surface area (Å²) in [6.45, 7) is 0.209. The summed E-state index contributed by atoms with van der Waals surface area (Å²) in [7, 11) is 0. The van der Waals surface area contributed by atoms with Crippen molar-refractivity contribution in [1.82, 2.24) is 10.6 Å². The van der Waals surface area contributed by atoms with Crippen molar-refractivity contribution in [2.24, 2.45) is 5.92 Å². The molecule has 0 aromatic carbocycles. The first-order valence-corrected chi connectivity index (χ1v) is 6.90. The quantitative estimate of drug-likeness (QED) is 0.718. The minimum Gasteiger partial charge on any atom is -0.481 e. The van der Waals surface area contributed by atoms with Gasteiger partial charge in [-0.2, -0.15) is 0 Å². The molecule has 0 radical (unpaired) electrons. The summed E-state index contributed by atoms with van der Waals surface area (Å²) in [5.41, 5.74) is 0. The number of carbonyl (C=O) groups is 3. The first-order valence-electron chi connectivity index (χ1n) is 6.90. The van der Waals surface area contributed by atoms with Gasteiger partial charge in [-0.25, -0.2) is 0 Å². The number of carboxylic acid groups (broad SMARTS) is 1. The maximum atomic E-state index is 11.7. The number of aliphatic carboxylic acids is 1. The molecule has 2 rings (SSSR count). The Labute approximate surface area is 121 Å². The summed E-state index contributed by atoms with van der Waals surface area (Å²) >= 11 is 0. The number of carboxylic acids is 1. The van der Waals surface area contributed by atoms with Crippen molar-refractivity contribution in [2.45, 2.75) is 31.7 Å². The second kappa shape index (κ2) is 6.92. The van der Waals surface area contributed by atoms with Crippen LogP contribution in [-0.4, -0.2) is 35.5 Å². The first-order chi connectivity index (χ1) is 10.1. The van der Waals surface area contributed by atoms with Gasteiger partial charge in [0.1, 0.15) is 0 Å². The van der Waals surface area contributed by atoms with Gasteiger partial charge in [0.05, 0.1) is 12.2 Å². The number of carbonyl (C=O) groups excluding carboxylic acids is 2. The van der Waals surface area contributed by atoms with E-state index in [1.165, 1.54) is 6.26 Å². The zero-order valence-electron chi connectivity index (χ0n) is 11.5. The minimum atomic E-state index is -0.808. The summed E-state index contributed by atoms with van der Waals surface area (Å²) in [6.07, 6.45) is 3.30. The molecule has 1 aromatic rings. The van der Waals surface area contributed by atoms with E-state index in [0.29, 0.717) is 19.3 Å². The Morgan fingerprint density at radius 1 is 1.33 bits per heavy atom. The van der Waals surface area contributed by atoms with Crippen LogP contribution in [0.5, 0.6) is 0 Å². The van der Waals surface area contributed by atoms with E-state index in [0.717, 1.165) is 0 Å². The molecule has 1 saturated carbocycles. The Kier molecular flexibility index (Phi) is 4.97. The Morgan fingerprint density at radius 2 is 2.14 bits per heavy atom. The first kappa shape index (κ1) is 15.1. The smallest absolute Gasteiger partial charge is 0.306 e. The van der Waals surface area contributed by atoms with Crippen LogP contribution in [0.2, 0.25) is 0 Å². The van der Waals surface area contributed by atoms with Gasteiger partial charge in [0.2, 0.25) is 5.91 Å². The van der Waals surface area contributed by atoms with Crippen molar-refractivity contribution in [3.05, 3.63) is 24.2 Å². The molecule has 0 unspecified atom stereocenters. The molecule has 0 spiro atoms. The monoisotopic (exact) mass is 294 g/mol. The van der Waals surface area contributed by atoms with Gasteiger partial charge < -0.3 is 20.2 Å². The van der Waals surface area contributed by atoms with Gasteiger partial charge in [-0.05, 0) is 31.4 Å². The fraction of sp³-hybridized carbons (Fsp3) is 0.500. The topological polar surface area (TPSA) is 109 Å². The summed E-state index contributed by atoms with van der Waals surface area (Å²) in [6, 6.07) is 3.07. The zero-order valence-corrected chi connectivity index (χ0v) is 11.5. The van der Waals surface area contributed by atoms with Gasteiger partial charge in [0.25, 0.3) is 5.91 Å². The zero-order chi connectivity index (χ0) is 15.2. The van der Waals surface area contributed by atoms with E-state index < -0.39 is 5.97 Å². The Hall–Kier alpha value is -2.31. The molecule has 7 heteroatoms. The van der Waals surface area contributed by atoms with Crippen molar-refractivity contribution in [1.29, 1.82) is 0 Å². The standard InChI is InChI=1S/C14H18N2O5/c17-12(16-10-4-3-9(8-10)14(19)20)5-6-15-13(18)11-2-1-7-21-11/h1-2,7,9-10H,3-6,8H2,(H,15,18)(H,16,17)(H,19,20)/t9-,10+/m1/s1. The maximum absolute atomic E-state index is 11.7. The molecule has 1 heterocycles. The van der Waals surface area contributed by atoms with Crippen LogP contribution >= 0.6 is 0 Å². The lowest BCUT2D eigenvalue weighted by atomic mass is 10.1. The molecular weight excluding hydrogens is 276 g/mol. The lowest BCUT2D eigenvalue weighted by Gasteiger charge is -2.12. The van der Waals surface area contributed by atoms with E-state index >= 15 is 0 Å². The number of rotatable bonds is 6. The predicted molar refractivity (Wildman–Crippen MR) is 72.6 cm³/mol. The Bertz CT molecular complexity index is 511. The molecule has 1 aliphatic carbocycles. The van der Waals surface area contributed by atoms with Gasteiger partial charge in [0.15, 0.2) is 5.76 Å². The van der Waals surface area contributed by atoms with E-state index in [1.807, 2.05) is 0 Å². The number of nitrogens with one attached hydrogen (secondary N) is 2. The lowest BCUT2D eigenvalue weighted by Crippen LogP contribution is -2.36. The van der Waals surface area contributed by atoms with Crippen LogP contribution < -0.4 is 10.6 Å². The minimum absolute atomic E-state index is 0.0839. The summed E-state index contributed by atoms with van der Waals surface area (Å²) in [5, 5.41) is 14.3. The molecule has 1 aromatic heterocycles. The summed E-state index contributed by atoms with van der Waals surface area (Å²) in [5.74, 6) is -1.52. The highest BCUT2D eigenvalue weighted by Crippen LogP contribution is 2.25. The lowest BCUT2D eigenvalue weighted by molar-refractivity contribution is -0.141. The molecule has 1 fully saturated rings. The highest BCUT2D eigenvalue weighted by atomic mass is 16.4. The molecule has 0 saturated heterocycles. The Balaban J connectivity index is 1.64. The number of furan rings is 1. The predicted octanol–water partition coefficient (Wildman–Crippen LogP) is 0.769. The second-order valence-electron chi connectivity index (χ2n) is 5.10. The Morgan fingerprint density at radius 3 is 2.76 bits per heavy atom. The molecule has 0 aliphatic heterocycles. The van der Waals surface area contributed by atoms with E-state index in [2.05, 4.69) is 10.6 Å². The molecule has 2 atom stereocenters. The fourth-order valence-electron chi connectivity index (χ4n) is 2.42. The van der Waals surface area contributed by atoms with Crippen molar-refractivity contribution in [3.63, 3.8) is 0 Å². The summed E-state index contributed by atoms with van der Waals surface area (Å²) < 4.78 is 4.93. The van der Waals surface area contributed by atoms with E-state index in [1.54, 1.807) is 12.1 Å². The molecule has 2 amide bonds. The highest BCUT2D eigenvalue weighted by molar-refractivity contribution is 5.91. The average molecular weight is 294 g/mol. The largest absolute Gasteiger partial charge is 0.481 e. The maximum Gasteiger partial charge on any atom is 0.306 e. The van der Waals surface area contributed by atoms with Crippen LogP contribution in [0.15, 0.2) is 22.8 Å². The molecule has 7 nitrogen and oxygen atoms in total. The van der Waals surface area contributed by atoms with Crippen molar-refractivity contribution < 1.29 is 23.9 Å². The van der Waals surface area contributed by atoms with Gasteiger partial charge in [-0.15, -0.1) is 0 Å². The second-order valence-corrected chi connectivity index (χ2v) is 5.10. The van der Waals surface area contributed by atoms with E-state index in [-0.39, 0.29) is 42.5 Å². The van der Waals surface area contributed by atoms with Gasteiger partial charge in [-0.3, -0.25) is 14.4 Å². The van der Waals surface area contributed by atoms with Crippen LogP contribution in [0.1, 0.15) is 36.2 Å². The van der Waals surface area contributed by atoms with Crippen molar-refractivity contribution in [3.8, 4) is 0 Å². The van der Waals surface area contributed by atoms with Gasteiger partial charge in [0, 0.05) is 19.0 Å². The molecular formula is C14H18N2O5. The molecule has 21 heavy (non-hydrogen) atoms. The number of hydrogen-bond donors (Lipinski definition) is 3. The molecule has 0 bridgehead atoms. The number of hydrogen-bond acceptors (Lipinski definition) is 4. The highest BCUT2D eigenvalue weighted by Gasteiger charge is 2.30.